The zero-order valence-corrected chi connectivity index (χ0v) is 22.2. The lowest BCUT2D eigenvalue weighted by Gasteiger charge is -2.21. The highest BCUT2D eigenvalue weighted by Crippen LogP contribution is 2.27. The summed E-state index contributed by atoms with van der Waals surface area (Å²) in [6.07, 6.45) is 3.46. The summed E-state index contributed by atoms with van der Waals surface area (Å²) in [5, 5.41) is 4.41. The number of H-pyrrole nitrogens is 1. The Morgan fingerprint density at radius 1 is 0.825 bits per heavy atom. The maximum atomic E-state index is 14.2. The van der Waals surface area contributed by atoms with Crippen molar-refractivity contribution in [1.82, 2.24) is 23.9 Å². The Morgan fingerprint density at radius 2 is 1.43 bits per heavy atom. The van der Waals surface area contributed by atoms with E-state index in [-0.39, 0.29) is 24.1 Å². The van der Waals surface area contributed by atoms with Crippen molar-refractivity contribution in [2.45, 2.75) is 32.5 Å². The smallest absolute Gasteiger partial charge is 0.332 e. The predicted octanol–water partition coefficient (Wildman–Crippen LogP) is 5.76. The van der Waals surface area contributed by atoms with Crippen LogP contribution in [0.2, 0.25) is 0 Å². The molecule has 0 radical (unpaired) electrons. The minimum atomic E-state index is -0.477. The van der Waals surface area contributed by atoms with Crippen LogP contribution in [0.3, 0.4) is 0 Å². The topological polar surface area (TPSA) is 77.6 Å². The van der Waals surface area contributed by atoms with E-state index in [1.54, 1.807) is 39.8 Å². The molecule has 1 N–H and O–H groups in total. The first-order chi connectivity index (χ1) is 19.4. The highest BCUT2D eigenvalue weighted by atomic mass is 19.1. The molecule has 6 aromatic rings. The number of halogens is 1. The summed E-state index contributed by atoms with van der Waals surface area (Å²) in [6.45, 7) is 4.08. The average Bonchev–Trinajstić information content (AvgIpc) is 3.63. The van der Waals surface area contributed by atoms with Gasteiger partial charge in [0.2, 0.25) is 0 Å². The van der Waals surface area contributed by atoms with Crippen LogP contribution in [0.5, 0.6) is 0 Å². The Balaban J connectivity index is 1.51. The minimum Gasteiger partial charge on any atom is -0.349 e. The van der Waals surface area contributed by atoms with Crippen molar-refractivity contribution < 1.29 is 4.39 Å². The van der Waals surface area contributed by atoms with Crippen molar-refractivity contribution >= 4 is 11.0 Å². The van der Waals surface area contributed by atoms with E-state index in [0.29, 0.717) is 22.3 Å². The van der Waals surface area contributed by atoms with Crippen LogP contribution >= 0.6 is 0 Å². The second-order valence-electron chi connectivity index (χ2n) is 9.96. The van der Waals surface area contributed by atoms with Gasteiger partial charge in [0.1, 0.15) is 11.3 Å². The number of fused-ring (bicyclic) bond motifs is 1. The van der Waals surface area contributed by atoms with Crippen LogP contribution in [-0.4, -0.2) is 23.9 Å². The lowest BCUT2D eigenvalue weighted by atomic mass is 10.1. The maximum absolute atomic E-state index is 14.2. The van der Waals surface area contributed by atoms with Crippen molar-refractivity contribution in [3.8, 4) is 11.3 Å². The molecule has 7 nitrogen and oxygen atoms in total. The highest BCUT2D eigenvalue weighted by Gasteiger charge is 2.24. The Morgan fingerprint density at radius 3 is 2.08 bits per heavy atom. The van der Waals surface area contributed by atoms with Gasteiger partial charge in [-0.3, -0.25) is 18.6 Å². The summed E-state index contributed by atoms with van der Waals surface area (Å²) in [7, 11) is 0. The molecule has 6 rings (SSSR count). The largest absolute Gasteiger partial charge is 0.349 e. The molecule has 2 unspecified atom stereocenters. The minimum absolute atomic E-state index is 0.268. The number of aromatic amines is 1. The summed E-state index contributed by atoms with van der Waals surface area (Å²) in [5.74, 6) is -0.294. The van der Waals surface area contributed by atoms with Crippen molar-refractivity contribution in [1.29, 1.82) is 0 Å². The Kier molecular flexibility index (Phi) is 6.51. The SMILES string of the molecule is CC(c1ccccc1)n1c(=O)c2[nH]c(-c3cnn(Cc4ccccc4F)c3)cc2n(C(C)c2ccccc2)c1=O. The van der Waals surface area contributed by atoms with E-state index in [4.69, 9.17) is 0 Å². The van der Waals surface area contributed by atoms with Gasteiger partial charge in [0.15, 0.2) is 0 Å². The number of rotatable bonds is 7. The first kappa shape index (κ1) is 25.3. The lowest BCUT2D eigenvalue weighted by molar-refractivity contribution is 0.519. The number of benzene rings is 3. The predicted molar refractivity (Wildman–Crippen MR) is 154 cm³/mol. The summed E-state index contributed by atoms with van der Waals surface area (Å²) in [4.78, 5) is 31.2. The third-order valence-corrected chi connectivity index (χ3v) is 7.47. The molecule has 0 saturated heterocycles. The molecule has 0 bridgehead atoms. The second kappa shape index (κ2) is 10.3. The fraction of sp³-hybridized carbons (Fsp3) is 0.156. The molecule has 3 aromatic heterocycles. The fourth-order valence-electron chi connectivity index (χ4n) is 5.25. The zero-order chi connectivity index (χ0) is 27.8. The number of nitrogens with zero attached hydrogens (tertiary/aromatic N) is 4. The molecule has 3 heterocycles. The van der Waals surface area contributed by atoms with E-state index in [9.17, 15) is 14.0 Å². The maximum Gasteiger partial charge on any atom is 0.332 e. The Hall–Kier alpha value is -4.98. The first-order valence-electron chi connectivity index (χ1n) is 13.2. The van der Waals surface area contributed by atoms with Gasteiger partial charge in [-0.2, -0.15) is 5.10 Å². The van der Waals surface area contributed by atoms with Gasteiger partial charge in [-0.05, 0) is 37.1 Å². The average molecular weight is 534 g/mol. The normalized spacial score (nSPS) is 13.0. The molecule has 0 fully saturated rings. The van der Waals surface area contributed by atoms with Gasteiger partial charge in [0, 0.05) is 17.3 Å². The Labute approximate surface area is 229 Å². The van der Waals surface area contributed by atoms with E-state index in [2.05, 4.69) is 10.1 Å². The van der Waals surface area contributed by atoms with E-state index in [1.165, 1.54) is 10.6 Å². The third-order valence-electron chi connectivity index (χ3n) is 7.47. The molecule has 0 saturated carbocycles. The highest BCUT2D eigenvalue weighted by molar-refractivity contribution is 5.82. The lowest BCUT2D eigenvalue weighted by Crippen LogP contribution is -2.43. The molecule has 200 valence electrons. The molecule has 0 spiro atoms. The number of nitrogens with one attached hydrogen (secondary N) is 1. The molecule has 8 heteroatoms. The van der Waals surface area contributed by atoms with Crippen LogP contribution < -0.4 is 11.2 Å². The van der Waals surface area contributed by atoms with E-state index in [0.717, 1.165) is 16.7 Å². The summed E-state index contributed by atoms with van der Waals surface area (Å²) < 4.78 is 18.8. The Bertz CT molecular complexity index is 1920. The van der Waals surface area contributed by atoms with Crippen LogP contribution in [0.1, 0.15) is 42.6 Å². The quantitative estimate of drug-likeness (QED) is 0.283. The van der Waals surface area contributed by atoms with Crippen LogP contribution in [-0.2, 0) is 6.54 Å². The van der Waals surface area contributed by atoms with Crippen LogP contribution in [0.15, 0.2) is 113 Å². The van der Waals surface area contributed by atoms with Gasteiger partial charge in [0.05, 0.1) is 36.0 Å². The van der Waals surface area contributed by atoms with Gasteiger partial charge in [-0.25, -0.2) is 9.18 Å². The van der Waals surface area contributed by atoms with Crippen molar-refractivity contribution in [2.24, 2.45) is 0 Å². The van der Waals surface area contributed by atoms with Gasteiger partial charge in [0.25, 0.3) is 5.56 Å². The van der Waals surface area contributed by atoms with Gasteiger partial charge >= 0.3 is 5.69 Å². The first-order valence-corrected chi connectivity index (χ1v) is 13.2. The fourth-order valence-corrected chi connectivity index (χ4v) is 5.25. The third kappa shape index (κ3) is 4.47. The molecule has 3 aromatic carbocycles. The summed E-state index contributed by atoms with van der Waals surface area (Å²) in [6, 6.07) is 26.9. The summed E-state index contributed by atoms with van der Waals surface area (Å²) >= 11 is 0. The molecule has 0 amide bonds. The van der Waals surface area contributed by atoms with E-state index >= 15 is 0 Å². The molecule has 0 aliphatic carbocycles. The molecule has 0 aliphatic heterocycles. The van der Waals surface area contributed by atoms with Crippen molar-refractivity contribution in [3.05, 3.63) is 147 Å². The molecular weight excluding hydrogens is 505 g/mol. The zero-order valence-electron chi connectivity index (χ0n) is 22.2. The van der Waals surface area contributed by atoms with E-state index in [1.807, 2.05) is 80.6 Å². The van der Waals surface area contributed by atoms with E-state index < -0.39 is 11.6 Å². The monoisotopic (exact) mass is 533 g/mol. The van der Waals surface area contributed by atoms with Gasteiger partial charge in [-0.15, -0.1) is 0 Å². The molecule has 40 heavy (non-hydrogen) atoms. The standard InChI is InChI=1S/C32H28FN5O2/c1-21(23-11-5-3-6-12-23)37-29-17-28(26-18-34-36(20-26)19-25-15-9-10-16-27(25)33)35-30(29)31(39)38(32(37)40)22(2)24-13-7-4-8-14-24/h3-18,20-22,35H,19H2,1-2H3. The summed E-state index contributed by atoms with van der Waals surface area (Å²) in [5.41, 5.74) is 3.78. The molecule has 2 atom stereocenters. The molecule has 0 aliphatic rings. The van der Waals surface area contributed by atoms with Crippen LogP contribution in [0.25, 0.3) is 22.3 Å². The number of aromatic nitrogens is 5. The molecular formula is C32H28FN5O2. The number of hydrogen-bond donors (Lipinski definition) is 1. The van der Waals surface area contributed by atoms with Crippen molar-refractivity contribution in [2.75, 3.05) is 0 Å². The van der Waals surface area contributed by atoms with Crippen LogP contribution in [0.4, 0.5) is 4.39 Å². The van der Waals surface area contributed by atoms with Gasteiger partial charge in [-0.1, -0.05) is 78.9 Å². The number of hydrogen-bond acceptors (Lipinski definition) is 3. The van der Waals surface area contributed by atoms with Gasteiger partial charge < -0.3 is 4.98 Å². The van der Waals surface area contributed by atoms with Crippen molar-refractivity contribution in [3.63, 3.8) is 0 Å². The second-order valence-corrected chi connectivity index (χ2v) is 9.96. The van der Waals surface area contributed by atoms with Crippen LogP contribution in [0, 0.1) is 5.82 Å².